The molecule has 0 spiro atoms. The summed E-state index contributed by atoms with van der Waals surface area (Å²) in [6.45, 7) is 2.39. The first-order chi connectivity index (χ1) is 14.1. The summed E-state index contributed by atoms with van der Waals surface area (Å²) >= 11 is 0. The molecule has 144 valence electrons. The zero-order valence-corrected chi connectivity index (χ0v) is 15.8. The second-order valence-corrected chi connectivity index (χ2v) is 6.69. The van der Waals surface area contributed by atoms with Crippen LogP contribution in [-0.2, 0) is 6.54 Å². The summed E-state index contributed by atoms with van der Waals surface area (Å²) in [5, 5.41) is 7.59. The summed E-state index contributed by atoms with van der Waals surface area (Å²) in [5.41, 5.74) is 3.32. The lowest BCUT2D eigenvalue weighted by Gasteiger charge is -2.07. The molecule has 3 aromatic carbocycles. The van der Waals surface area contributed by atoms with Crippen LogP contribution in [0.1, 0.15) is 21.5 Å². The van der Waals surface area contributed by atoms with E-state index in [1.165, 1.54) is 16.8 Å². The second-order valence-electron chi connectivity index (χ2n) is 6.69. The van der Waals surface area contributed by atoms with E-state index < -0.39 is 0 Å². The molecule has 0 atom stereocenters. The number of carbonyl (C=O) groups excluding carboxylic acids is 1. The lowest BCUT2D eigenvalue weighted by molar-refractivity contribution is 0.0947. The number of nitrogens with one attached hydrogen (secondary N) is 1. The van der Waals surface area contributed by atoms with Crippen LogP contribution in [0.25, 0.3) is 11.4 Å². The Balaban J connectivity index is 1.68. The van der Waals surface area contributed by atoms with E-state index in [0.29, 0.717) is 23.9 Å². The summed E-state index contributed by atoms with van der Waals surface area (Å²) in [6.07, 6.45) is 0. The number of carbonyl (C=O) groups is 1. The van der Waals surface area contributed by atoms with Crippen molar-refractivity contribution < 1.29 is 9.18 Å². The average molecular weight is 386 g/mol. The molecule has 0 aliphatic carbocycles. The lowest BCUT2D eigenvalue weighted by Crippen LogP contribution is -2.17. The molecular formula is C23H19FN4O. The number of hydrogen-bond donors (Lipinski definition) is 1. The van der Waals surface area contributed by atoms with Crippen LogP contribution in [0.5, 0.6) is 0 Å². The highest BCUT2D eigenvalue weighted by Crippen LogP contribution is 2.20. The normalized spacial score (nSPS) is 10.7. The molecule has 4 aromatic rings. The fraction of sp³-hybridized carbons (Fsp3) is 0.0870. The molecule has 1 heterocycles. The zero-order valence-electron chi connectivity index (χ0n) is 15.8. The Morgan fingerprint density at radius 1 is 0.966 bits per heavy atom. The van der Waals surface area contributed by atoms with Gasteiger partial charge in [0.2, 0.25) is 5.95 Å². The monoisotopic (exact) mass is 386 g/mol. The number of nitrogens with zero attached hydrogens (tertiary/aromatic N) is 3. The average Bonchev–Trinajstić information content (AvgIpc) is 3.18. The fourth-order valence-electron chi connectivity index (χ4n) is 2.88. The van der Waals surface area contributed by atoms with Crippen LogP contribution < -0.4 is 5.32 Å². The lowest BCUT2D eigenvalue weighted by atomic mass is 10.1. The second kappa shape index (κ2) is 8.06. The highest BCUT2D eigenvalue weighted by atomic mass is 19.1. The molecule has 1 aromatic heterocycles. The van der Waals surface area contributed by atoms with E-state index in [2.05, 4.69) is 15.4 Å². The summed E-state index contributed by atoms with van der Waals surface area (Å²) in [5.74, 6) is 0.213. The number of aryl methyl sites for hydroxylation is 1. The molecule has 6 heteroatoms. The maximum Gasteiger partial charge on any atom is 0.281 e. The first-order valence-electron chi connectivity index (χ1n) is 9.22. The molecule has 1 N–H and O–H groups in total. The molecule has 0 bridgehead atoms. The molecule has 0 saturated heterocycles. The largest absolute Gasteiger partial charge is 0.350 e. The Bertz CT molecular complexity index is 1120. The predicted octanol–water partition coefficient (Wildman–Crippen LogP) is 4.69. The van der Waals surface area contributed by atoms with Crippen LogP contribution in [-0.4, -0.2) is 20.7 Å². The smallest absolute Gasteiger partial charge is 0.281 e. The molecule has 0 saturated carbocycles. The summed E-state index contributed by atoms with van der Waals surface area (Å²) in [6, 6.07) is 22.9. The van der Waals surface area contributed by atoms with Crippen molar-refractivity contribution in [1.82, 2.24) is 14.8 Å². The van der Waals surface area contributed by atoms with Gasteiger partial charge in [0.05, 0.1) is 0 Å². The zero-order chi connectivity index (χ0) is 20.2. The van der Waals surface area contributed by atoms with Crippen molar-refractivity contribution >= 4 is 11.9 Å². The molecule has 0 radical (unpaired) electrons. The van der Waals surface area contributed by atoms with Crippen LogP contribution in [0.4, 0.5) is 10.3 Å². The van der Waals surface area contributed by atoms with E-state index in [9.17, 15) is 9.18 Å². The molecule has 4 rings (SSSR count). The SMILES string of the molecule is Cc1ccc(-c2nc(NCc3ccc(F)cc3)n(C(=O)c3ccccc3)n2)cc1. The van der Waals surface area contributed by atoms with E-state index >= 15 is 0 Å². The van der Waals surface area contributed by atoms with Crippen molar-refractivity contribution in [3.05, 3.63) is 101 Å². The number of anilines is 1. The summed E-state index contributed by atoms with van der Waals surface area (Å²) < 4.78 is 14.4. The van der Waals surface area contributed by atoms with E-state index in [1.807, 2.05) is 37.3 Å². The van der Waals surface area contributed by atoms with Gasteiger partial charge in [0.15, 0.2) is 5.82 Å². The highest BCUT2D eigenvalue weighted by molar-refractivity contribution is 5.97. The molecule has 0 fully saturated rings. The van der Waals surface area contributed by atoms with Gasteiger partial charge in [0.25, 0.3) is 5.91 Å². The van der Waals surface area contributed by atoms with Crippen LogP contribution in [0, 0.1) is 12.7 Å². The Morgan fingerprint density at radius 2 is 1.66 bits per heavy atom. The van der Waals surface area contributed by atoms with E-state index in [1.54, 1.807) is 36.4 Å². The van der Waals surface area contributed by atoms with Gasteiger partial charge in [-0.25, -0.2) is 4.39 Å². The highest BCUT2D eigenvalue weighted by Gasteiger charge is 2.18. The van der Waals surface area contributed by atoms with Crippen molar-refractivity contribution in [3.8, 4) is 11.4 Å². The Kier molecular flexibility index (Phi) is 5.16. The first kappa shape index (κ1) is 18.6. The summed E-state index contributed by atoms with van der Waals surface area (Å²) in [7, 11) is 0. The van der Waals surface area contributed by atoms with Crippen molar-refractivity contribution in [1.29, 1.82) is 0 Å². The van der Waals surface area contributed by atoms with Gasteiger partial charge in [-0.15, -0.1) is 5.10 Å². The molecule has 0 aliphatic heterocycles. The fourth-order valence-corrected chi connectivity index (χ4v) is 2.88. The maximum atomic E-state index is 13.1. The van der Waals surface area contributed by atoms with Gasteiger partial charge in [-0.2, -0.15) is 9.67 Å². The summed E-state index contributed by atoms with van der Waals surface area (Å²) in [4.78, 5) is 17.5. The van der Waals surface area contributed by atoms with Crippen molar-refractivity contribution in [2.24, 2.45) is 0 Å². The van der Waals surface area contributed by atoms with Gasteiger partial charge >= 0.3 is 0 Å². The molecule has 29 heavy (non-hydrogen) atoms. The quantitative estimate of drug-likeness (QED) is 0.540. The third-order valence-electron chi connectivity index (χ3n) is 4.49. The van der Waals surface area contributed by atoms with Gasteiger partial charge in [0.1, 0.15) is 5.82 Å². The van der Waals surface area contributed by atoms with Crippen molar-refractivity contribution in [3.63, 3.8) is 0 Å². The minimum atomic E-state index is -0.294. The predicted molar refractivity (Wildman–Crippen MR) is 110 cm³/mol. The van der Waals surface area contributed by atoms with Gasteiger partial charge in [-0.1, -0.05) is 60.2 Å². The third kappa shape index (κ3) is 4.21. The molecule has 5 nitrogen and oxygen atoms in total. The minimum Gasteiger partial charge on any atom is -0.350 e. The molecule has 0 unspecified atom stereocenters. The first-order valence-corrected chi connectivity index (χ1v) is 9.22. The van der Waals surface area contributed by atoms with Gasteiger partial charge in [-0.3, -0.25) is 4.79 Å². The van der Waals surface area contributed by atoms with Crippen LogP contribution in [0.3, 0.4) is 0 Å². The van der Waals surface area contributed by atoms with E-state index in [4.69, 9.17) is 0 Å². The van der Waals surface area contributed by atoms with E-state index in [0.717, 1.165) is 16.7 Å². The number of benzene rings is 3. The van der Waals surface area contributed by atoms with Crippen LogP contribution >= 0.6 is 0 Å². The topological polar surface area (TPSA) is 59.8 Å². The Hall–Kier alpha value is -3.80. The van der Waals surface area contributed by atoms with Crippen molar-refractivity contribution in [2.45, 2.75) is 13.5 Å². The third-order valence-corrected chi connectivity index (χ3v) is 4.49. The Morgan fingerprint density at radius 3 is 2.34 bits per heavy atom. The van der Waals surface area contributed by atoms with Gasteiger partial charge in [-0.05, 0) is 36.8 Å². The maximum absolute atomic E-state index is 13.1. The van der Waals surface area contributed by atoms with Gasteiger partial charge < -0.3 is 5.32 Å². The van der Waals surface area contributed by atoms with Crippen molar-refractivity contribution in [2.75, 3.05) is 5.32 Å². The number of rotatable bonds is 5. The Labute approximate surface area is 167 Å². The van der Waals surface area contributed by atoms with E-state index in [-0.39, 0.29) is 11.7 Å². The number of halogens is 1. The molecular weight excluding hydrogens is 367 g/mol. The number of hydrogen-bond acceptors (Lipinski definition) is 4. The molecule has 0 aliphatic rings. The standard InChI is InChI=1S/C23H19FN4O/c1-16-7-11-18(12-8-16)21-26-23(25-15-17-9-13-20(24)14-10-17)28(27-21)22(29)19-5-3-2-4-6-19/h2-14H,15H2,1H3,(H,25,26,27). The van der Waals surface area contributed by atoms with Crippen LogP contribution in [0.2, 0.25) is 0 Å². The minimum absolute atomic E-state index is 0.280. The van der Waals surface area contributed by atoms with Crippen LogP contribution in [0.15, 0.2) is 78.9 Å². The molecule has 0 amide bonds. The number of aromatic nitrogens is 3. The van der Waals surface area contributed by atoms with Gasteiger partial charge in [0, 0.05) is 17.7 Å².